The van der Waals surface area contributed by atoms with E-state index in [0.717, 1.165) is 16.7 Å². The van der Waals surface area contributed by atoms with Crippen LogP contribution in [0.5, 0.6) is 0 Å². The minimum atomic E-state index is -0.240. The summed E-state index contributed by atoms with van der Waals surface area (Å²) in [5, 5.41) is 0. The monoisotopic (exact) mass is 382 g/mol. The van der Waals surface area contributed by atoms with E-state index in [0.29, 0.717) is 19.5 Å². The first-order valence-corrected chi connectivity index (χ1v) is 9.75. The van der Waals surface area contributed by atoms with E-state index in [1.54, 1.807) is 17.0 Å². The maximum Gasteiger partial charge on any atom is 0.225 e. The molecule has 2 aromatic carbocycles. The van der Waals surface area contributed by atoms with Crippen molar-refractivity contribution >= 4 is 11.8 Å². The van der Waals surface area contributed by atoms with Gasteiger partial charge in [-0.05, 0) is 49.1 Å². The number of fused-ring (bicyclic) bond motifs is 1. The van der Waals surface area contributed by atoms with E-state index in [2.05, 4.69) is 0 Å². The molecule has 2 atom stereocenters. The molecular weight excluding hydrogens is 355 g/mol. The van der Waals surface area contributed by atoms with Crippen LogP contribution in [0, 0.1) is 5.82 Å². The van der Waals surface area contributed by atoms with Gasteiger partial charge in [-0.3, -0.25) is 9.59 Å². The lowest BCUT2D eigenvalue weighted by molar-refractivity contribution is -0.137. The van der Waals surface area contributed by atoms with Gasteiger partial charge >= 0.3 is 0 Å². The molecule has 3 rings (SSSR count). The summed E-state index contributed by atoms with van der Waals surface area (Å²) in [6, 6.07) is 14.5. The fourth-order valence-corrected chi connectivity index (χ4v) is 4.08. The fraction of sp³-hybridized carbons (Fsp3) is 0.391. The molecule has 0 fully saturated rings. The number of halogens is 1. The van der Waals surface area contributed by atoms with Crippen molar-refractivity contribution in [3.63, 3.8) is 0 Å². The summed E-state index contributed by atoms with van der Waals surface area (Å²) in [5.41, 5.74) is 3.01. The Morgan fingerprint density at radius 3 is 2.54 bits per heavy atom. The van der Waals surface area contributed by atoms with E-state index in [-0.39, 0.29) is 36.1 Å². The van der Waals surface area contributed by atoms with Crippen LogP contribution < -0.4 is 0 Å². The van der Waals surface area contributed by atoms with Gasteiger partial charge in [-0.15, -0.1) is 0 Å². The lowest BCUT2D eigenvalue weighted by Gasteiger charge is -2.40. The van der Waals surface area contributed by atoms with Crippen molar-refractivity contribution in [3.8, 4) is 0 Å². The molecule has 0 bridgehead atoms. The third kappa shape index (κ3) is 4.41. The SMILES string of the molecule is CC(=O)N(CCC(=O)N1C(C)Cc2cc(F)ccc2C1C)Cc1ccccc1. The Labute approximate surface area is 166 Å². The van der Waals surface area contributed by atoms with Crippen LogP contribution in [-0.4, -0.2) is 34.2 Å². The summed E-state index contributed by atoms with van der Waals surface area (Å²) in [6.45, 7) is 6.39. The molecule has 148 valence electrons. The van der Waals surface area contributed by atoms with Crippen molar-refractivity contribution in [2.24, 2.45) is 0 Å². The van der Waals surface area contributed by atoms with Gasteiger partial charge in [0.1, 0.15) is 5.82 Å². The van der Waals surface area contributed by atoms with Gasteiger partial charge < -0.3 is 9.80 Å². The van der Waals surface area contributed by atoms with Gasteiger partial charge in [0.2, 0.25) is 11.8 Å². The molecule has 0 radical (unpaired) electrons. The Morgan fingerprint density at radius 1 is 1.14 bits per heavy atom. The van der Waals surface area contributed by atoms with Crippen LogP contribution in [0.1, 0.15) is 49.9 Å². The molecule has 1 aliphatic heterocycles. The van der Waals surface area contributed by atoms with Gasteiger partial charge in [0, 0.05) is 32.5 Å². The number of benzene rings is 2. The van der Waals surface area contributed by atoms with Crippen LogP contribution in [-0.2, 0) is 22.6 Å². The first-order chi connectivity index (χ1) is 13.4. The summed E-state index contributed by atoms with van der Waals surface area (Å²) in [6.07, 6.45) is 0.918. The minimum absolute atomic E-state index is 0.00305. The van der Waals surface area contributed by atoms with Crippen molar-refractivity contribution in [3.05, 3.63) is 71.0 Å². The van der Waals surface area contributed by atoms with Crippen molar-refractivity contribution in [2.75, 3.05) is 6.54 Å². The first kappa shape index (κ1) is 20.1. The molecule has 5 heteroatoms. The van der Waals surface area contributed by atoms with Crippen molar-refractivity contribution in [2.45, 2.75) is 52.2 Å². The smallest absolute Gasteiger partial charge is 0.225 e. The van der Waals surface area contributed by atoms with Crippen LogP contribution in [0.25, 0.3) is 0 Å². The van der Waals surface area contributed by atoms with Crippen molar-refractivity contribution in [1.82, 2.24) is 9.80 Å². The fourth-order valence-electron chi connectivity index (χ4n) is 4.08. The molecule has 28 heavy (non-hydrogen) atoms. The molecule has 4 nitrogen and oxygen atoms in total. The highest BCUT2D eigenvalue weighted by Crippen LogP contribution is 2.33. The van der Waals surface area contributed by atoms with Crippen LogP contribution in [0.15, 0.2) is 48.5 Å². The van der Waals surface area contributed by atoms with E-state index in [9.17, 15) is 14.0 Å². The van der Waals surface area contributed by atoms with E-state index in [1.807, 2.05) is 49.1 Å². The molecule has 0 spiro atoms. The number of hydrogen-bond acceptors (Lipinski definition) is 2. The van der Waals surface area contributed by atoms with E-state index < -0.39 is 0 Å². The molecule has 2 unspecified atom stereocenters. The normalized spacial score (nSPS) is 18.5. The molecule has 0 N–H and O–H groups in total. The zero-order valence-electron chi connectivity index (χ0n) is 16.7. The lowest BCUT2D eigenvalue weighted by atomic mass is 9.89. The van der Waals surface area contributed by atoms with Gasteiger partial charge in [0.05, 0.1) is 6.04 Å². The molecule has 1 aliphatic rings. The molecule has 0 aliphatic carbocycles. The number of rotatable bonds is 5. The number of carbonyl (C=O) groups excluding carboxylic acids is 2. The molecule has 0 aromatic heterocycles. The van der Waals surface area contributed by atoms with Gasteiger partial charge in [0.15, 0.2) is 0 Å². The second-order valence-electron chi connectivity index (χ2n) is 7.55. The summed E-state index contributed by atoms with van der Waals surface area (Å²) >= 11 is 0. The van der Waals surface area contributed by atoms with Crippen LogP contribution in [0.2, 0.25) is 0 Å². The molecule has 2 aromatic rings. The predicted octanol–water partition coefficient (Wildman–Crippen LogP) is 4.10. The summed E-state index contributed by atoms with van der Waals surface area (Å²) in [7, 11) is 0. The predicted molar refractivity (Wildman–Crippen MR) is 107 cm³/mol. The Bertz CT molecular complexity index is 853. The van der Waals surface area contributed by atoms with Gasteiger partial charge in [-0.1, -0.05) is 36.4 Å². The Morgan fingerprint density at radius 2 is 1.86 bits per heavy atom. The highest BCUT2D eigenvalue weighted by molar-refractivity contribution is 5.79. The Balaban J connectivity index is 1.67. The number of carbonyl (C=O) groups is 2. The van der Waals surface area contributed by atoms with Crippen LogP contribution in [0.3, 0.4) is 0 Å². The average Bonchev–Trinajstić information content (AvgIpc) is 2.65. The van der Waals surface area contributed by atoms with E-state index in [4.69, 9.17) is 0 Å². The van der Waals surface area contributed by atoms with Gasteiger partial charge in [0.25, 0.3) is 0 Å². The quantitative estimate of drug-likeness (QED) is 0.781. The molecule has 2 amide bonds. The Kier molecular flexibility index (Phi) is 6.12. The second kappa shape index (κ2) is 8.55. The molecule has 0 saturated carbocycles. The molecule has 0 saturated heterocycles. The number of nitrogens with zero attached hydrogens (tertiary/aromatic N) is 2. The van der Waals surface area contributed by atoms with Crippen molar-refractivity contribution in [1.29, 1.82) is 0 Å². The highest BCUT2D eigenvalue weighted by Gasteiger charge is 2.32. The molecular formula is C23H27FN2O2. The Hall–Kier alpha value is -2.69. The van der Waals surface area contributed by atoms with Crippen LogP contribution >= 0.6 is 0 Å². The average molecular weight is 382 g/mol. The van der Waals surface area contributed by atoms with Crippen molar-refractivity contribution < 1.29 is 14.0 Å². The topological polar surface area (TPSA) is 40.6 Å². The minimum Gasteiger partial charge on any atom is -0.338 e. The van der Waals surface area contributed by atoms with Gasteiger partial charge in [-0.25, -0.2) is 4.39 Å². The largest absolute Gasteiger partial charge is 0.338 e. The highest BCUT2D eigenvalue weighted by atomic mass is 19.1. The zero-order valence-corrected chi connectivity index (χ0v) is 16.7. The third-order valence-corrected chi connectivity index (χ3v) is 5.51. The summed E-state index contributed by atoms with van der Waals surface area (Å²) < 4.78 is 13.6. The number of hydrogen-bond donors (Lipinski definition) is 0. The lowest BCUT2D eigenvalue weighted by Crippen LogP contribution is -2.46. The first-order valence-electron chi connectivity index (χ1n) is 9.75. The second-order valence-corrected chi connectivity index (χ2v) is 7.55. The summed E-state index contributed by atoms with van der Waals surface area (Å²) in [4.78, 5) is 28.6. The van der Waals surface area contributed by atoms with E-state index in [1.165, 1.54) is 13.0 Å². The van der Waals surface area contributed by atoms with E-state index >= 15 is 0 Å². The number of amides is 2. The third-order valence-electron chi connectivity index (χ3n) is 5.51. The van der Waals surface area contributed by atoms with Crippen LogP contribution in [0.4, 0.5) is 4.39 Å². The van der Waals surface area contributed by atoms with Gasteiger partial charge in [-0.2, -0.15) is 0 Å². The standard InChI is InChI=1S/C23H27FN2O2/c1-16-13-20-14-21(24)9-10-22(20)17(2)26(16)23(28)11-12-25(18(3)27)15-19-7-5-4-6-8-19/h4-10,14,16-17H,11-13,15H2,1-3H3. The maximum absolute atomic E-state index is 13.6. The zero-order chi connectivity index (χ0) is 20.3. The maximum atomic E-state index is 13.6. The molecule has 1 heterocycles. The summed E-state index contributed by atoms with van der Waals surface area (Å²) in [5.74, 6) is -0.262.